The first-order valence-corrected chi connectivity index (χ1v) is 7.81. The second-order valence-corrected chi connectivity index (χ2v) is 6.43. The first-order valence-electron chi connectivity index (χ1n) is 6.37. The Morgan fingerprint density at radius 1 is 1.50 bits per heavy atom. The number of aromatic amines is 1. The van der Waals surface area contributed by atoms with Gasteiger partial charge in [-0.2, -0.15) is 9.40 Å². The van der Waals surface area contributed by atoms with Gasteiger partial charge in [-0.1, -0.05) is 13.3 Å². The van der Waals surface area contributed by atoms with Crippen LogP contribution in [0.5, 0.6) is 0 Å². The van der Waals surface area contributed by atoms with Gasteiger partial charge in [-0.3, -0.25) is 5.10 Å². The average Bonchev–Trinajstić information content (AvgIpc) is 2.91. The van der Waals surface area contributed by atoms with Crippen molar-refractivity contribution in [1.82, 2.24) is 19.8 Å². The highest BCUT2D eigenvalue weighted by Gasteiger charge is 2.27. The van der Waals surface area contributed by atoms with Crippen LogP contribution in [0.25, 0.3) is 0 Å². The van der Waals surface area contributed by atoms with Crippen molar-refractivity contribution >= 4 is 10.0 Å². The Morgan fingerprint density at radius 3 is 2.89 bits per heavy atom. The molecule has 1 fully saturated rings. The molecule has 0 aromatic carbocycles. The standard InChI is InChI=1S/C11H20N4O2S/c1-2-15(9-10-5-3-4-7-12-10)18(16,17)11-6-8-13-14-11/h6,8,10,12H,2-5,7,9H2,1H3,(H,13,14). The van der Waals surface area contributed by atoms with Crippen molar-refractivity contribution in [2.45, 2.75) is 37.3 Å². The minimum atomic E-state index is -3.43. The number of hydrogen-bond donors (Lipinski definition) is 2. The predicted octanol–water partition coefficient (Wildman–Crippen LogP) is 0.562. The van der Waals surface area contributed by atoms with E-state index in [9.17, 15) is 8.42 Å². The van der Waals surface area contributed by atoms with Gasteiger partial charge in [0.15, 0.2) is 5.03 Å². The molecule has 102 valence electrons. The molecule has 1 saturated heterocycles. The molecule has 2 rings (SSSR count). The van der Waals surface area contributed by atoms with Gasteiger partial charge in [0.25, 0.3) is 10.0 Å². The van der Waals surface area contributed by atoms with E-state index < -0.39 is 10.0 Å². The van der Waals surface area contributed by atoms with E-state index in [1.54, 1.807) is 0 Å². The lowest BCUT2D eigenvalue weighted by Gasteiger charge is -2.28. The van der Waals surface area contributed by atoms with Gasteiger partial charge in [-0.05, 0) is 25.5 Å². The molecule has 18 heavy (non-hydrogen) atoms. The molecular formula is C11H20N4O2S. The van der Waals surface area contributed by atoms with Crippen LogP contribution in [0.3, 0.4) is 0 Å². The van der Waals surface area contributed by atoms with Crippen molar-refractivity contribution in [3.05, 3.63) is 12.3 Å². The molecule has 6 nitrogen and oxygen atoms in total. The van der Waals surface area contributed by atoms with Crippen LogP contribution in [-0.4, -0.2) is 48.6 Å². The molecular weight excluding hydrogens is 252 g/mol. The number of aromatic nitrogens is 2. The van der Waals surface area contributed by atoms with E-state index in [4.69, 9.17) is 0 Å². The lowest BCUT2D eigenvalue weighted by molar-refractivity contribution is 0.319. The molecule has 0 spiro atoms. The van der Waals surface area contributed by atoms with Crippen LogP contribution < -0.4 is 5.32 Å². The van der Waals surface area contributed by atoms with Gasteiger partial charge in [0.1, 0.15) is 0 Å². The third kappa shape index (κ3) is 2.90. The van der Waals surface area contributed by atoms with Gasteiger partial charge in [-0.25, -0.2) is 8.42 Å². The molecule has 0 amide bonds. The summed E-state index contributed by atoms with van der Waals surface area (Å²) in [5, 5.41) is 9.77. The minimum Gasteiger partial charge on any atom is -0.313 e. The van der Waals surface area contributed by atoms with Crippen molar-refractivity contribution in [2.24, 2.45) is 0 Å². The van der Waals surface area contributed by atoms with Gasteiger partial charge < -0.3 is 5.32 Å². The van der Waals surface area contributed by atoms with E-state index in [1.807, 2.05) is 6.92 Å². The highest BCUT2D eigenvalue weighted by atomic mass is 32.2. The topological polar surface area (TPSA) is 78.1 Å². The summed E-state index contributed by atoms with van der Waals surface area (Å²) in [6, 6.07) is 1.75. The van der Waals surface area contributed by atoms with Gasteiger partial charge in [0.05, 0.1) is 6.20 Å². The zero-order chi connectivity index (χ0) is 13.0. The van der Waals surface area contributed by atoms with E-state index in [0.717, 1.165) is 13.0 Å². The first kappa shape index (κ1) is 13.5. The molecule has 0 saturated carbocycles. The van der Waals surface area contributed by atoms with Crippen molar-refractivity contribution in [1.29, 1.82) is 0 Å². The number of likely N-dealkylation sites (N-methyl/N-ethyl adjacent to an activating group) is 1. The Bertz CT molecular complexity index is 451. The number of sulfonamides is 1. The second-order valence-electron chi connectivity index (χ2n) is 4.52. The van der Waals surface area contributed by atoms with Crippen LogP contribution in [0.4, 0.5) is 0 Å². The number of rotatable bonds is 5. The molecule has 1 aromatic heterocycles. The third-order valence-corrected chi connectivity index (χ3v) is 5.15. The molecule has 2 heterocycles. The molecule has 1 aromatic rings. The fourth-order valence-electron chi connectivity index (χ4n) is 2.25. The Balaban J connectivity index is 2.08. The third-order valence-electron chi connectivity index (χ3n) is 3.28. The van der Waals surface area contributed by atoms with Crippen molar-refractivity contribution in [3.8, 4) is 0 Å². The monoisotopic (exact) mass is 272 g/mol. The van der Waals surface area contributed by atoms with Gasteiger partial charge in [0.2, 0.25) is 0 Å². The summed E-state index contributed by atoms with van der Waals surface area (Å²) in [5.74, 6) is 0. The molecule has 1 atom stereocenters. The first-order chi connectivity index (χ1) is 8.64. The van der Waals surface area contributed by atoms with E-state index in [1.165, 1.54) is 29.4 Å². The number of hydrogen-bond acceptors (Lipinski definition) is 4. The lowest BCUT2D eigenvalue weighted by atomic mass is 10.1. The number of H-pyrrole nitrogens is 1. The number of piperidine rings is 1. The van der Waals surface area contributed by atoms with E-state index in [2.05, 4.69) is 15.5 Å². The average molecular weight is 272 g/mol. The van der Waals surface area contributed by atoms with Crippen molar-refractivity contribution < 1.29 is 8.42 Å². The van der Waals surface area contributed by atoms with Crippen LogP contribution in [-0.2, 0) is 10.0 Å². The Hall–Kier alpha value is -0.920. The maximum Gasteiger partial charge on any atom is 0.260 e. The Morgan fingerprint density at radius 2 is 2.33 bits per heavy atom. The van der Waals surface area contributed by atoms with Gasteiger partial charge >= 0.3 is 0 Å². The smallest absolute Gasteiger partial charge is 0.260 e. The van der Waals surface area contributed by atoms with Crippen LogP contribution in [0.1, 0.15) is 26.2 Å². The van der Waals surface area contributed by atoms with Crippen LogP contribution in [0.2, 0.25) is 0 Å². The predicted molar refractivity (Wildman–Crippen MR) is 68.7 cm³/mol. The maximum absolute atomic E-state index is 12.3. The van der Waals surface area contributed by atoms with Crippen LogP contribution in [0, 0.1) is 0 Å². The fourth-order valence-corrected chi connectivity index (χ4v) is 3.64. The highest BCUT2D eigenvalue weighted by molar-refractivity contribution is 7.89. The van der Waals surface area contributed by atoms with Gasteiger partial charge in [-0.15, -0.1) is 0 Å². The Labute approximate surface area is 108 Å². The molecule has 0 radical (unpaired) electrons. The molecule has 1 aliphatic rings. The number of nitrogens with one attached hydrogen (secondary N) is 2. The summed E-state index contributed by atoms with van der Waals surface area (Å²) in [4.78, 5) is 0. The highest BCUT2D eigenvalue weighted by Crippen LogP contribution is 2.15. The quantitative estimate of drug-likeness (QED) is 0.821. The van der Waals surface area contributed by atoms with E-state index in [0.29, 0.717) is 13.1 Å². The summed E-state index contributed by atoms with van der Waals surface area (Å²) in [6.45, 7) is 3.83. The minimum absolute atomic E-state index is 0.167. The SMILES string of the molecule is CCN(CC1CCCCN1)S(=O)(=O)c1ccn[nH]1. The van der Waals surface area contributed by atoms with Crippen LogP contribution >= 0.6 is 0 Å². The van der Waals surface area contributed by atoms with Crippen molar-refractivity contribution in [3.63, 3.8) is 0 Å². The zero-order valence-corrected chi connectivity index (χ0v) is 11.4. The Kier molecular flexibility index (Phi) is 4.36. The van der Waals surface area contributed by atoms with Crippen LogP contribution in [0.15, 0.2) is 17.3 Å². The normalized spacial score (nSPS) is 21.3. The fraction of sp³-hybridized carbons (Fsp3) is 0.727. The second kappa shape index (κ2) is 5.81. The lowest BCUT2D eigenvalue weighted by Crippen LogP contribution is -2.45. The van der Waals surface area contributed by atoms with E-state index >= 15 is 0 Å². The summed E-state index contributed by atoms with van der Waals surface area (Å²) < 4.78 is 26.2. The van der Waals surface area contributed by atoms with E-state index in [-0.39, 0.29) is 11.1 Å². The molecule has 7 heteroatoms. The summed E-state index contributed by atoms with van der Waals surface area (Å²) in [5.41, 5.74) is 0. The molecule has 0 aliphatic carbocycles. The maximum atomic E-state index is 12.3. The molecule has 1 unspecified atom stereocenters. The number of nitrogens with zero attached hydrogens (tertiary/aromatic N) is 2. The molecule has 2 N–H and O–H groups in total. The molecule has 0 bridgehead atoms. The van der Waals surface area contributed by atoms with Crippen molar-refractivity contribution in [2.75, 3.05) is 19.6 Å². The molecule has 1 aliphatic heterocycles. The van der Waals surface area contributed by atoms with Gasteiger partial charge in [0, 0.05) is 19.1 Å². The summed E-state index contributed by atoms with van der Waals surface area (Å²) >= 11 is 0. The largest absolute Gasteiger partial charge is 0.313 e. The summed E-state index contributed by atoms with van der Waals surface area (Å²) in [6.07, 6.45) is 4.84. The summed E-state index contributed by atoms with van der Waals surface area (Å²) in [7, 11) is -3.43. The zero-order valence-electron chi connectivity index (χ0n) is 10.6.